The highest BCUT2D eigenvalue weighted by Gasteiger charge is 2.36. The average Bonchev–Trinajstić information content (AvgIpc) is 3.35. The van der Waals surface area contributed by atoms with Gasteiger partial charge in [0.1, 0.15) is 5.75 Å². The highest BCUT2D eigenvalue weighted by atomic mass is 127. The van der Waals surface area contributed by atoms with Crippen molar-refractivity contribution >= 4 is 29.9 Å². The number of benzene rings is 1. The van der Waals surface area contributed by atoms with Gasteiger partial charge in [-0.3, -0.25) is 4.99 Å². The largest absolute Gasteiger partial charge is 0.494 e. The molecule has 2 fully saturated rings. The van der Waals surface area contributed by atoms with Crippen molar-refractivity contribution in [3.63, 3.8) is 0 Å². The molecule has 0 spiro atoms. The number of aliphatic imine (C=N–C) groups is 1. The first-order valence-electron chi connectivity index (χ1n) is 9.45. The molecule has 2 atom stereocenters. The van der Waals surface area contributed by atoms with Crippen molar-refractivity contribution in [2.45, 2.75) is 44.6 Å². The highest BCUT2D eigenvalue weighted by molar-refractivity contribution is 14.0. The van der Waals surface area contributed by atoms with Gasteiger partial charge in [0.25, 0.3) is 0 Å². The van der Waals surface area contributed by atoms with E-state index in [-0.39, 0.29) is 29.4 Å². The minimum absolute atomic E-state index is 0. The maximum absolute atomic E-state index is 5.63. The van der Waals surface area contributed by atoms with Crippen LogP contribution in [-0.4, -0.2) is 45.4 Å². The van der Waals surface area contributed by atoms with Gasteiger partial charge in [0.2, 0.25) is 0 Å². The van der Waals surface area contributed by atoms with E-state index in [0.717, 1.165) is 50.2 Å². The molecule has 2 unspecified atom stereocenters. The third-order valence-electron chi connectivity index (χ3n) is 5.48. The van der Waals surface area contributed by atoms with E-state index in [9.17, 15) is 0 Å². The summed E-state index contributed by atoms with van der Waals surface area (Å²) in [5, 5.41) is 7.07. The van der Waals surface area contributed by atoms with E-state index >= 15 is 0 Å². The zero-order valence-corrected chi connectivity index (χ0v) is 18.4. The first kappa shape index (κ1) is 21.3. The van der Waals surface area contributed by atoms with Crippen molar-refractivity contribution < 1.29 is 9.47 Å². The molecule has 1 heterocycles. The molecule has 2 aliphatic rings. The molecular formula is C20H32IN3O2. The van der Waals surface area contributed by atoms with Crippen LogP contribution in [0.3, 0.4) is 0 Å². The van der Waals surface area contributed by atoms with Crippen LogP contribution >= 0.6 is 24.0 Å². The molecule has 5 nitrogen and oxygen atoms in total. The Morgan fingerprint density at radius 3 is 2.46 bits per heavy atom. The van der Waals surface area contributed by atoms with E-state index in [1.165, 1.54) is 12.0 Å². The van der Waals surface area contributed by atoms with Crippen molar-refractivity contribution in [1.82, 2.24) is 10.6 Å². The van der Waals surface area contributed by atoms with Gasteiger partial charge in [-0.1, -0.05) is 19.1 Å². The van der Waals surface area contributed by atoms with E-state index < -0.39 is 0 Å². The Morgan fingerprint density at radius 1 is 1.27 bits per heavy atom. The summed E-state index contributed by atoms with van der Waals surface area (Å²) in [5.74, 6) is 2.59. The van der Waals surface area contributed by atoms with Crippen LogP contribution in [0.25, 0.3) is 0 Å². The van der Waals surface area contributed by atoms with Gasteiger partial charge in [-0.2, -0.15) is 0 Å². The number of guanidine groups is 1. The van der Waals surface area contributed by atoms with Gasteiger partial charge in [-0.25, -0.2) is 0 Å². The fourth-order valence-corrected chi connectivity index (χ4v) is 3.55. The third-order valence-corrected chi connectivity index (χ3v) is 5.48. The predicted octanol–water partition coefficient (Wildman–Crippen LogP) is 3.32. The molecule has 1 saturated heterocycles. The molecule has 0 radical (unpaired) electrons. The lowest BCUT2D eigenvalue weighted by molar-refractivity contribution is 0.0513. The molecule has 0 amide bonds. The Bertz CT molecular complexity index is 585. The van der Waals surface area contributed by atoms with E-state index in [2.05, 4.69) is 46.8 Å². The summed E-state index contributed by atoms with van der Waals surface area (Å²) in [4.78, 5) is 4.39. The maximum atomic E-state index is 5.63. The standard InChI is InChI=1S/C20H31N3O2.HI/c1-4-25-17-7-5-16(6-8-17)20(9-11-24-12-10-20)14-22-19(21-3)23-18-13-15(18)2;/h5-8,15,18H,4,9-14H2,1-3H3,(H2,21,22,23);1H. The lowest BCUT2D eigenvalue weighted by atomic mass is 9.74. The Labute approximate surface area is 174 Å². The normalized spacial score (nSPS) is 24.3. The summed E-state index contributed by atoms with van der Waals surface area (Å²) in [6, 6.07) is 9.14. The molecular weight excluding hydrogens is 441 g/mol. The van der Waals surface area contributed by atoms with Crippen molar-refractivity contribution in [1.29, 1.82) is 0 Å². The van der Waals surface area contributed by atoms with Crippen molar-refractivity contribution in [3.05, 3.63) is 29.8 Å². The van der Waals surface area contributed by atoms with E-state index in [1.807, 2.05) is 14.0 Å². The SMILES string of the molecule is CCOc1ccc(C2(CNC(=NC)NC3CC3C)CCOCC2)cc1.I. The lowest BCUT2D eigenvalue weighted by Gasteiger charge is -2.38. The van der Waals surface area contributed by atoms with Crippen LogP contribution in [0.5, 0.6) is 5.75 Å². The van der Waals surface area contributed by atoms with E-state index in [0.29, 0.717) is 12.6 Å². The Morgan fingerprint density at radius 2 is 1.92 bits per heavy atom. The fraction of sp³-hybridized carbons (Fsp3) is 0.650. The molecule has 0 aromatic heterocycles. The molecule has 1 aliphatic heterocycles. The number of nitrogens with one attached hydrogen (secondary N) is 2. The van der Waals surface area contributed by atoms with Gasteiger partial charge in [0.15, 0.2) is 5.96 Å². The summed E-state index contributed by atoms with van der Waals surface area (Å²) in [6.45, 7) is 7.45. The van der Waals surface area contributed by atoms with Crippen molar-refractivity contribution in [2.75, 3.05) is 33.4 Å². The topological polar surface area (TPSA) is 54.9 Å². The number of ether oxygens (including phenoxy) is 2. The average molecular weight is 473 g/mol. The van der Waals surface area contributed by atoms with Gasteiger partial charge in [0, 0.05) is 38.3 Å². The molecule has 3 rings (SSSR count). The second-order valence-corrected chi connectivity index (χ2v) is 7.24. The number of hydrogen-bond acceptors (Lipinski definition) is 3. The van der Waals surface area contributed by atoms with Gasteiger partial charge in [-0.05, 0) is 49.8 Å². The first-order chi connectivity index (χ1) is 12.2. The van der Waals surface area contributed by atoms with Crippen LogP contribution in [-0.2, 0) is 10.2 Å². The van der Waals surface area contributed by atoms with Gasteiger partial charge in [0.05, 0.1) is 6.61 Å². The molecule has 1 aliphatic carbocycles. The van der Waals surface area contributed by atoms with Gasteiger partial charge in [-0.15, -0.1) is 24.0 Å². The van der Waals surface area contributed by atoms with Crippen LogP contribution in [0.1, 0.15) is 38.7 Å². The first-order valence-corrected chi connectivity index (χ1v) is 9.45. The molecule has 26 heavy (non-hydrogen) atoms. The molecule has 6 heteroatoms. The minimum Gasteiger partial charge on any atom is -0.494 e. The molecule has 2 N–H and O–H groups in total. The Balaban J connectivity index is 0.00000243. The highest BCUT2D eigenvalue weighted by Crippen LogP contribution is 2.35. The van der Waals surface area contributed by atoms with Crippen LogP contribution in [0, 0.1) is 5.92 Å². The number of rotatable bonds is 6. The fourth-order valence-electron chi connectivity index (χ4n) is 3.55. The summed E-state index contributed by atoms with van der Waals surface area (Å²) < 4.78 is 11.2. The second kappa shape index (κ2) is 9.78. The predicted molar refractivity (Wildman–Crippen MR) is 117 cm³/mol. The van der Waals surface area contributed by atoms with Crippen molar-refractivity contribution in [3.8, 4) is 5.75 Å². The zero-order chi connectivity index (χ0) is 17.7. The van der Waals surface area contributed by atoms with Crippen molar-refractivity contribution in [2.24, 2.45) is 10.9 Å². The second-order valence-electron chi connectivity index (χ2n) is 7.24. The van der Waals surface area contributed by atoms with Crippen LogP contribution in [0.2, 0.25) is 0 Å². The quantitative estimate of drug-likeness (QED) is 0.378. The van der Waals surface area contributed by atoms with Crippen LogP contribution in [0.15, 0.2) is 29.3 Å². The van der Waals surface area contributed by atoms with E-state index in [1.54, 1.807) is 0 Å². The maximum Gasteiger partial charge on any atom is 0.191 e. The third kappa shape index (κ3) is 5.25. The van der Waals surface area contributed by atoms with Crippen LogP contribution in [0.4, 0.5) is 0 Å². The smallest absolute Gasteiger partial charge is 0.191 e. The summed E-state index contributed by atoms with van der Waals surface area (Å²) >= 11 is 0. The summed E-state index contributed by atoms with van der Waals surface area (Å²) in [5.41, 5.74) is 1.43. The molecule has 1 saturated carbocycles. The molecule has 1 aromatic carbocycles. The summed E-state index contributed by atoms with van der Waals surface area (Å²) in [6.07, 6.45) is 3.27. The van der Waals surface area contributed by atoms with E-state index in [4.69, 9.17) is 9.47 Å². The van der Waals surface area contributed by atoms with Crippen LogP contribution < -0.4 is 15.4 Å². The molecule has 1 aromatic rings. The summed E-state index contributed by atoms with van der Waals surface area (Å²) in [7, 11) is 1.84. The Hall–Kier alpha value is -1.02. The van der Waals surface area contributed by atoms with Gasteiger partial charge < -0.3 is 20.1 Å². The number of hydrogen-bond donors (Lipinski definition) is 2. The number of halogens is 1. The van der Waals surface area contributed by atoms with Gasteiger partial charge >= 0.3 is 0 Å². The number of nitrogens with zero attached hydrogens (tertiary/aromatic N) is 1. The lowest BCUT2D eigenvalue weighted by Crippen LogP contribution is -2.48. The zero-order valence-electron chi connectivity index (χ0n) is 16.1. The monoisotopic (exact) mass is 473 g/mol. The Kier molecular flexibility index (Phi) is 8.01. The molecule has 146 valence electrons. The molecule has 0 bridgehead atoms. The minimum atomic E-state index is 0.